The summed E-state index contributed by atoms with van der Waals surface area (Å²) in [5.74, 6) is 8.02. The van der Waals surface area contributed by atoms with E-state index in [1.54, 1.807) is 0 Å². The summed E-state index contributed by atoms with van der Waals surface area (Å²) in [4.78, 5) is 11.0. The summed E-state index contributed by atoms with van der Waals surface area (Å²) in [6, 6.07) is 0. The molecule has 0 radical (unpaired) electrons. The molecule has 0 aromatic rings. The van der Waals surface area contributed by atoms with Crippen molar-refractivity contribution >= 4 is 16.1 Å². The number of hydrogen-bond donors (Lipinski definition) is 0. The summed E-state index contributed by atoms with van der Waals surface area (Å²) in [5, 5.41) is -0.133. The minimum atomic E-state index is -3.13. The van der Waals surface area contributed by atoms with E-state index >= 15 is 0 Å². The van der Waals surface area contributed by atoms with Crippen molar-refractivity contribution in [2.75, 3.05) is 79.3 Å². The number of carbonyl (C=O) groups is 1. The van der Waals surface area contributed by atoms with Crippen LogP contribution in [0.2, 0.25) is 0 Å². The predicted octanol–water partition coefficient (Wildman–Crippen LogP) is 23.9. The molecular formula is C93H178O16S. The lowest BCUT2D eigenvalue weighted by Gasteiger charge is -2.59. The largest absolute Gasteiger partial charge is 0.459 e. The van der Waals surface area contributed by atoms with Crippen LogP contribution in [0.5, 0.6) is 0 Å². The van der Waals surface area contributed by atoms with Gasteiger partial charge in [0.2, 0.25) is 0 Å². The highest BCUT2D eigenvalue weighted by atomic mass is 32.2. The van der Waals surface area contributed by atoms with Gasteiger partial charge in [-0.2, -0.15) is 8.42 Å². The van der Waals surface area contributed by atoms with Crippen molar-refractivity contribution in [1.82, 2.24) is 0 Å². The number of esters is 1. The first-order chi connectivity index (χ1) is 54.1. The van der Waals surface area contributed by atoms with Gasteiger partial charge in [-0.1, -0.05) is 157 Å². The Hall–Kier alpha value is -1.06. The molecule has 16 nitrogen and oxygen atoms in total. The normalized spacial score (nSPS) is 36.4. The molecule has 652 valence electrons. The lowest BCUT2D eigenvalue weighted by Crippen LogP contribution is -2.60. The second kappa shape index (κ2) is 58.0. The zero-order valence-electron chi connectivity index (χ0n) is 74.8. The Kier molecular flexibility index (Phi) is 53.4. The fourth-order valence-corrected chi connectivity index (χ4v) is 23.0. The van der Waals surface area contributed by atoms with Gasteiger partial charge in [-0.15, -0.1) is 0 Å². The smallest absolute Gasteiger partial charge is 0.312 e. The Balaban J connectivity index is 0.000000257. The first-order valence-corrected chi connectivity index (χ1v) is 49.6. The molecule has 11 saturated heterocycles. The zero-order valence-corrected chi connectivity index (χ0v) is 75.6. The third kappa shape index (κ3) is 30.9. The van der Waals surface area contributed by atoms with Crippen LogP contribution in [0.25, 0.3) is 0 Å². The van der Waals surface area contributed by atoms with Crippen LogP contribution in [0.3, 0.4) is 0 Å². The van der Waals surface area contributed by atoms with E-state index in [0.29, 0.717) is 30.1 Å². The molecule has 12 bridgehead atoms. The summed E-state index contributed by atoms with van der Waals surface area (Å²) in [5.41, 5.74) is 0. The number of hydrogen-bond acceptors (Lipinski definition) is 16. The van der Waals surface area contributed by atoms with Crippen LogP contribution >= 0.6 is 0 Å². The van der Waals surface area contributed by atoms with Crippen molar-refractivity contribution in [2.45, 2.75) is 447 Å². The summed E-state index contributed by atoms with van der Waals surface area (Å²) in [7, 11) is -3.13. The quantitative estimate of drug-likeness (QED) is 0.166. The number of fused-ring (bicyclic) bond motifs is 5. The van der Waals surface area contributed by atoms with Gasteiger partial charge in [0.15, 0.2) is 17.4 Å². The second-order valence-electron chi connectivity index (χ2n) is 32.3. The lowest BCUT2D eigenvalue weighted by molar-refractivity contribution is -0.331. The van der Waals surface area contributed by atoms with Gasteiger partial charge in [0.25, 0.3) is 10.1 Å². The first-order valence-electron chi connectivity index (χ1n) is 48.1. The number of carbonyl (C=O) groups excluding carboxylic acids is 1. The maximum Gasteiger partial charge on any atom is 0.312 e. The molecule has 3 spiro atoms. The standard InChI is InChI=1S/C14H22O2.C11H20O2.C10H18O2.C8H12O.C7H10O3S.C7H8O3.C7H12O.C6H12O.C5H10O.9C2H6/c1-2-4-16-14(15-3-1)12-6-10-5-11(8-12)9-13(14)7-10;1-3-7-11(8-4-1)12-9-5-2-6-10-13-11;1-2-6-10(7-3-1)11-8-4-5-9-12-10;1-5-2-7-6(1)4-9-8(7)3-5;8-11(9)7-3-4-1-5(7)6(2-4)10-11;8-7-4-1-3-2-5(10-7)6(4)9-3;1-2-6-4-7(3-1)8-5-6;1-2-4-6-7-5-3-1;1-2-4-6-5-3-1;9*1-2/h10-13H,1-9H2;1-10H2;1-9H2;5-8H,1-4H2;4-7H,1-3H2;3-6H,1-2H2;6-7H,1-5H2;1-6H2;1-5H2;9*1-2H3. The van der Waals surface area contributed by atoms with Gasteiger partial charge in [0.1, 0.15) is 12.2 Å². The van der Waals surface area contributed by atoms with Crippen LogP contribution in [0, 0.1) is 65.1 Å². The van der Waals surface area contributed by atoms with Crippen molar-refractivity contribution in [2.24, 2.45) is 65.1 Å². The molecule has 11 aliphatic heterocycles. The van der Waals surface area contributed by atoms with Crippen LogP contribution in [-0.4, -0.2) is 153 Å². The molecule has 0 amide bonds. The molecule has 11 saturated carbocycles. The van der Waals surface area contributed by atoms with E-state index in [1.807, 2.05) is 125 Å². The molecule has 22 fully saturated rings. The van der Waals surface area contributed by atoms with Crippen molar-refractivity contribution in [3.05, 3.63) is 0 Å². The Morgan fingerprint density at radius 1 is 0.327 bits per heavy atom. The Bertz CT molecular complexity index is 2220. The third-order valence-electron chi connectivity index (χ3n) is 25.6. The van der Waals surface area contributed by atoms with E-state index < -0.39 is 10.1 Å². The molecule has 11 heterocycles. The highest BCUT2D eigenvalue weighted by molar-refractivity contribution is 7.87. The van der Waals surface area contributed by atoms with E-state index in [-0.39, 0.29) is 52.8 Å². The van der Waals surface area contributed by atoms with Crippen LogP contribution < -0.4 is 0 Å². The molecule has 22 rings (SSSR count). The molecule has 14 atom stereocenters. The summed E-state index contributed by atoms with van der Waals surface area (Å²) < 4.78 is 95.3. The summed E-state index contributed by atoms with van der Waals surface area (Å²) in [6.45, 7) is 47.6. The topological polar surface area (TPSA) is 171 Å². The van der Waals surface area contributed by atoms with Gasteiger partial charge < -0.3 is 56.8 Å². The Morgan fingerprint density at radius 3 is 1.15 bits per heavy atom. The molecule has 11 aliphatic carbocycles. The van der Waals surface area contributed by atoms with Gasteiger partial charge in [0, 0.05) is 82.9 Å². The van der Waals surface area contributed by atoms with Crippen LogP contribution in [0.4, 0.5) is 0 Å². The van der Waals surface area contributed by atoms with Crippen LogP contribution in [0.1, 0.15) is 388 Å². The zero-order chi connectivity index (χ0) is 80.6. The molecule has 0 N–H and O–H groups in total. The SMILES string of the molecule is C1CC2COC(C1)C2.C1CCC2(CC1)OCCCCO2.C1CCCOCC1.C1CCOC2(CCCCC2)OCC1.C1CCOC2(OC1)C1CC3CC(C1)CC2C3.C1CCOCC1.C1OC2CC3CC1C2C3.CC.CC.CC.CC.CC.CC.CC.CC.CC.O=C1OC2CC3CC1C2O3.O=S1(=O)OC2CC3CC2C1C3. The maximum atomic E-state index is 11.3. The summed E-state index contributed by atoms with van der Waals surface area (Å²) >= 11 is 0. The average Bonchev–Trinajstić information content (AvgIpc) is 1.29. The second-order valence-corrected chi connectivity index (χ2v) is 34.1. The van der Waals surface area contributed by atoms with Gasteiger partial charge in [-0.05, 0) is 240 Å². The predicted molar refractivity (Wildman–Crippen MR) is 451 cm³/mol. The van der Waals surface area contributed by atoms with E-state index in [4.69, 9.17) is 61.0 Å². The monoisotopic (exact) mass is 1580 g/mol. The van der Waals surface area contributed by atoms with Gasteiger partial charge in [0.05, 0.1) is 81.8 Å². The van der Waals surface area contributed by atoms with Crippen molar-refractivity contribution in [3.8, 4) is 0 Å². The fraction of sp³-hybridized carbons (Fsp3) is 0.989. The minimum absolute atomic E-state index is 0.0324. The van der Waals surface area contributed by atoms with Crippen LogP contribution in [0.15, 0.2) is 0 Å². The molecule has 0 aromatic carbocycles. The van der Waals surface area contributed by atoms with Crippen molar-refractivity contribution in [3.63, 3.8) is 0 Å². The number of rotatable bonds is 0. The fourth-order valence-electron chi connectivity index (χ4n) is 21.1. The van der Waals surface area contributed by atoms with Crippen molar-refractivity contribution < 1.29 is 74.2 Å². The molecule has 14 unspecified atom stereocenters. The van der Waals surface area contributed by atoms with E-state index in [1.165, 1.54) is 205 Å². The van der Waals surface area contributed by atoms with E-state index in [0.717, 1.165) is 184 Å². The molecule has 17 heteroatoms. The van der Waals surface area contributed by atoms with E-state index in [2.05, 4.69) is 0 Å². The molecule has 0 aromatic heterocycles. The van der Waals surface area contributed by atoms with E-state index in [9.17, 15) is 13.2 Å². The first kappa shape index (κ1) is 101. The Morgan fingerprint density at radius 2 is 0.745 bits per heavy atom. The minimum Gasteiger partial charge on any atom is -0.459 e. The third-order valence-corrected chi connectivity index (χ3v) is 27.4. The molecular weight excluding hydrogens is 1410 g/mol. The van der Waals surface area contributed by atoms with Crippen molar-refractivity contribution in [1.29, 1.82) is 0 Å². The maximum absolute atomic E-state index is 11.3. The molecule has 110 heavy (non-hydrogen) atoms. The highest BCUT2D eigenvalue weighted by Gasteiger charge is 2.61. The summed E-state index contributed by atoms with van der Waals surface area (Å²) in [6.07, 6.45) is 53.6. The average molecular weight is 1580 g/mol. The highest BCUT2D eigenvalue weighted by Crippen LogP contribution is 2.61. The van der Waals surface area contributed by atoms with Crippen LogP contribution in [-0.2, 0) is 75.9 Å². The lowest BCUT2D eigenvalue weighted by atomic mass is 9.53. The van der Waals surface area contributed by atoms with Gasteiger partial charge >= 0.3 is 5.97 Å². The van der Waals surface area contributed by atoms with Gasteiger partial charge in [-0.25, -0.2) is 0 Å². The Labute approximate surface area is 678 Å². The molecule has 22 aliphatic rings. The number of ether oxygens (including phenoxy) is 12. The van der Waals surface area contributed by atoms with Gasteiger partial charge in [-0.3, -0.25) is 8.98 Å².